The molecule has 1 aliphatic heterocycles. The minimum atomic E-state index is -0.739. The predicted octanol–water partition coefficient (Wildman–Crippen LogP) is 0.471. The highest BCUT2D eigenvalue weighted by atomic mass is 16.2. The van der Waals surface area contributed by atoms with Crippen LogP contribution in [-0.4, -0.2) is 24.4 Å². The van der Waals surface area contributed by atoms with Crippen molar-refractivity contribution in [2.75, 3.05) is 6.54 Å². The van der Waals surface area contributed by atoms with Crippen LogP contribution in [0, 0.1) is 0 Å². The molecule has 102 valence electrons. The Kier molecular flexibility index (Phi) is 4.52. The smallest absolute Gasteiger partial charge is 0.242 e. The summed E-state index contributed by atoms with van der Waals surface area (Å²) in [5, 5.41) is 5.52. The first-order valence-electron chi connectivity index (χ1n) is 6.57. The van der Waals surface area contributed by atoms with E-state index in [1.807, 2.05) is 18.2 Å². The first-order valence-corrected chi connectivity index (χ1v) is 6.57. The summed E-state index contributed by atoms with van der Waals surface area (Å²) in [5.41, 5.74) is 6.64. The fraction of sp³-hybridized carbons (Fsp3) is 0.429. The van der Waals surface area contributed by atoms with E-state index in [0.29, 0.717) is 13.0 Å². The van der Waals surface area contributed by atoms with Crippen molar-refractivity contribution >= 4 is 11.8 Å². The molecule has 2 rings (SSSR count). The van der Waals surface area contributed by atoms with Crippen molar-refractivity contribution in [3.05, 3.63) is 35.9 Å². The molecule has 1 aliphatic rings. The van der Waals surface area contributed by atoms with Crippen LogP contribution in [0.15, 0.2) is 30.3 Å². The minimum absolute atomic E-state index is 0.119. The van der Waals surface area contributed by atoms with Crippen molar-refractivity contribution in [2.45, 2.75) is 31.3 Å². The molecule has 5 nitrogen and oxygen atoms in total. The van der Waals surface area contributed by atoms with Gasteiger partial charge in [0.2, 0.25) is 11.8 Å². The van der Waals surface area contributed by atoms with Gasteiger partial charge in [-0.05, 0) is 24.8 Å². The third-order valence-electron chi connectivity index (χ3n) is 3.29. The van der Waals surface area contributed by atoms with Gasteiger partial charge >= 0.3 is 0 Å². The lowest BCUT2D eigenvalue weighted by Crippen LogP contribution is -2.48. The second-order valence-corrected chi connectivity index (χ2v) is 4.74. The van der Waals surface area contributed by atoms with Crippen LogP contribution >= 0.6 is 0 Å². The number of nitrogens with one attached hydrogen (secondary N) is 2. The quantitative estimate of drug-likeness (QED) is 0.739. The van der Waals surface area contributed by atoms with Crippen molar-refractivity contribution in [3.63, 3.8) is 0 Å². The molecule has 1 heterocycles. The minimum Gasteiger partial charge on any atom is -0.354 e. The second kappa shape index (κ2) is 6.33. The zero-order valence-corrected chi connectivity index (χ0v) is 10.8. The number of hydrogen-bond donors (Lipinski definition) is 3. The summed E-state index contributed by atoms with van der Waals surface area (Å²) >= 11 is 0. The van der Waals surface area contributed by atoms with E-state index in [1.165, 1.54) is 0 Å². The standard InChI is InChI=1S/C14H19N3O2/c15-12(10-6-2-1-3-7-10)14(19)17-11-8-4-5-9-16-13(11)18/h1-3,6-7,11-12H,4-5,8-9,15H2,(H,16,18)(H,17,19)/t11?,12-/m0/s1. The normalized spacial score (nSPS) is 21.1. The van der Waals surface area contributed by atoms with Gasteiger partial charge in [-0.25, -0.2) is 0 Å². The molecule has 1 unspecified atom stereocenters. The highest BCUT2D eigenvalue weighted by Gasteiger charge is 2.25. The van der Waals surface area contributed by atoms with Crippen LogP contribution in [0.5, 0.6) is 0 Å². The molecule has 5 heteroatoms. The second-order valence-electron chi connectivity index (χ2n) is 4.74. The lowest BCUT2D eigenvalue weighted by molar-refractivity contribution is -0.129. The number of rotatable bonds is 3. The third-order valence-corrected chi connectivity index (χ3v) is 3.29. The van der Waals surface area contributed by atoms with Gasteiger partial charge in [-0.3, -0.25) is 9.59 Å². The zero-order chi connectivity index (χ0) is 13.7. The molecule has 0 spiro atoms. The number of amides is 2. The Bertz CT molecular complexity index is 447. The maximum Gasteiger partial charge on any atom is 0.242 e. The molecule has 2 atom stereocenters. The molecule has 0 aliphatic carbocycles. The van der Waals surface area contributed by atoms with E-state index in [9.17, 15) is 9.59 Å². The number of benzene rings is 1. The van der Waals surface area contributed by atoms with Gasteiger partial charge in [0.1, 0.15) is 12.1 Å². The summed E-state index contributed by atoms with van der Waals surface area (Å²) in [6.07, 6.45) is 2.53. The van der Waals surface area contributed by atoms with Crippen LogP contribution in [0.4, 0.5) is 0 Å². The molecular weight excluding hydrogens is 242 g/mol. The van der Waals surface area contributed by atoms with Crippen molar-refractivity contribution in [2.24, 2.45) is 5.73 Å². The lowest BCUT2D eigenvalue weighted by Gasteiger charge is -2.18. The van der Waals surface area contributed by atoms with Crippen LogP contribution in [-0.2, 0) is 9.59 Å². The van der Waals surface area contributed by atoms with Gasteiger partial charge < -0.3 is 16.4 Å². The first-order chi connectivity index (χ1) is 9.18. The van der Waals surface area contributed by atoms with Crippen LogP contribution in [0.2, 0.25) is 0 Å². The number of carbonyl (C=O) groups is 2. The van der Waals surface area contributed by atoms with Crippen LogP contribution < -0.4 is 16.4 Å². The van der Waals surface area contributed by atoms with E-state index >= 15 is 0 Å². The highest BCUT2D eigenvalue weighted by Crippen LogP contribution is 2.11. The molecule has 0 saturated carbocycles. The molecule has 1 aromatic carbocycles. The Morgan fingerprint density at radius 1 is 1.32 bits per heavy atom. The van der Waals surface area contributed by atoms with Gasteiger partial charge in [0.15, 0.2) is 0 Å². The van der Waals surface area contributed by atoms with Gasteiger partial charge in [-0.2, -0.15) is 0 Å². The van der Waals surface area contributed by atoms with Gasteiger partial charge in [0, 0.05) is 6.54 Å². The number of hydrogen-bond acceptors (Lipinski definition) is 3. The van der Waals surface area contributed by atoms with E-state index < -0.39 is 12.1 Å². The number of nitrogens with two attached hydrogens (primary N) is 1. The summed E-state index contributed by atoms with van der Waals surface area (Å²) in [7, 11) is 0. The van der Waals surface area contributed by atoms with Crippen LogP contribution in [0.1, 0.15) is 30.9 Å². The Morgan fingerprint density at radius 2 is 2.05 bits per heavy atom. The molecular formula is C14H19N3O2. The first kappa shape index (κ1) is 13.5. The summed E-state index contributed by atoms with van der Waals surface area (Å²) in [6, 6.07) is 7.94. The molecule has 4 N–H and O–H groups in total. The summed E-state index contributed by atoms with van der Waals surface area (Å²) < 4.78 is 0. The topological polar surface area (TPSA) is 84.2 Å². The van der Waals surface area contributed by atoms with E-state index in [2.05, 4.69) is 10.6 Å². The SMILES string of the molecule is N[C@H](C(=O)NC1CCCCNC1=O)c1ccccc1. The van der Waals surface area contributed by atoms with Crippen molar-refractivity contribution < 1.29 is 9.59 Å². The van der Waals surface area contributed by atoms with Crippen molar-refractivity contribution in [3.8, 4) is 0 Å². The average molecular weight is 261 g/mol. The van der Waals surface area contributed by atoms with Crippen molar-refractivity contribution in [1.29, 1.82) is 0 Å². The lowest BCUT2D eigenvalue weighted by atomic mass is 10.1. The van der Waals surface area contributed by atoms with Gasteiger partial charge in [-0.1, -0.05) is 30.3 Å². The van der Waals surface area contributed by atoms with Crippen molar-refractivity contribution in [1.82, 2.24) is 10.6 Å². The molecule has 1 fully saturated rings. The van der Waals surface area contributed by atoms with E-state index in [-0.39, 0.29) is 11.8 Å². The maximum absolute atomic E-state index is 12.1. The van der Waals surface area contributed by atoms with E-state index in [0.717, 1.165) is 18.4 Å². The fourth-order valence-electron chi connectivity index (χ4n) is 2.15. The van der Waals surface area contributed by atoms with Gasteiger partial charge in [-0.15, -0.1) is 0 Å². The Hall–Kier alpha value is -1.88. The monoisotopic (exact) mass is 261 g/mol. The van der Waals surface area contributed by atoms with Gasteiger partial charge in [0.25, 0.3) is 0 Å². The van der Waals surface area contributed by atoms with Gasteiger partial charge in [0.05, 0.1) is 0 Å². The Labute approximate surface area is 112 Å². The predicted molar refractivity (Wildman–Crippen MR) is 72.2 cm³/mol. The number of carbonyl (C=O) groups excluding carboxylic acids is 2. The molecule has 19 heavy (non-hydrogen) atoms. The highest BCUT2D eigenvalue weighted by molar-refractivity contribution is 5.90. The molecule has 2 amide bonds. The summed E-state index contributed by atoms with van der Waals surface area (Å²) in [4.78, 5) is 23.8. The van der Waals surface area contributed by atoms with Crippen LogP contribution in [0.3, 0.4) is 0 Å². The maximum atomic E-state index is 12.1. The Morgan fingerprint density at radius 3 is 2.79 bits per heavy atom. The fourth-order valence-corrected chi connectivity index (χ4v) is 2.15. The third kappa shape index (κ3) is 3.54. The molecule has 0 aromatic heterocycles. The average Bonchev–Trinajstić information content (AvgIpc) is 2.64. The Balaban J connectivity index is 1.98. The van der Waals surface area contributed by atoms with E-state index in [1.54, 1.807) is 12.1 Å². The zero-order valence-electron chi connectivity index (χ0n) is 10.8. The molecule has 1 saturated heterocycles. The molecule has 0 bridgehead atoms. The van der Waals surface area contributed by atoms with Crippen LogP contribution in [0.25, 0.3) is 0 Å². The largest absolute Gasteiger partial charge is 0.354 e. The van der Waals surface area contributed by atoms with E-state index in [4.69, 9.17) is 5.73 Å². The summed E-state index contributed by atoms with van der Waals surface area (Å²) in [6.45, 7) is 0.677. The summed E-state index contributed by atoms with van der Waals surface area (Å²) in [5.74, 6) is -0.431. The molecule has 1 aromatic rings. The molecule has 0 radical (unpaired) electrons.